The highest BCUT2D eigenvalue weighted by Gasteiger charge is 2.10. The molecule has 2 rings (SSSR count). The lowest BCUT2D eigenvalue weighted by atomic mass is 10.2. The third-order valence-electron chi connectivity index (χ3n) is 2.79. The number of nitrogens with two attached hydrogens (primary N) is 1. The van der Waals surface area contributed by atoms with Crippen LogP contribution in [0.1, 0.15) is 10.4 Å². The molecule has 0 aliphatic heterocycles. The van der Waals surface area contributed by atoms with Crippen LogP contribution in [0.25, 0.3) is 0 Å². The average molecular weight is 287 g/mol. The summed E-state index contributed by atoms with van der Waals surface area (Å²) >= 11 is 0. The molecular formula is C15H17N3O3. The number of hydrogen-bond acceptors (Lipinski definition) is 5. The van der Waals surface area contributed by atoms with Crippen LogP contribution in [-0.2, 0) is 0 Å². The molecule has 0 radical (unpaired) electrons. The van der Waals surface area contributed by atoms with Crippen LogP contribution in [0.2, 0.25) is 0 Å². The number of anilines is 1. The number of carbonyl (C=O) groups excluding carboxylic acids is 1. The van der Waals surface area contributed by atoms with Crippen molar-refractivity contribution in [2.24, 2.45) is 0 Å². The van der Waals surface area contributed by atoms with Crippen molar-refractivity contribution >= 4 is 11.6 Å². The van der Waals surface area contributed by atoms with E-state index in [0.29, 0.717) is 35.9 Å². The number of aromatic nitrogens is 1. The first-order chi connectivity index (χ1) is 10.2. The van der Waals surface area contributed by atoms with E-state index in [9.17, 15) is 4.79 Å². The van der Waals surface area contributed by atoms with E-state index in [0.717, 1.165) is 0 Å². The van der Waals surface area contributed by atoms with Gasteiger partial charge in [0.25, 0.3) is 5.91 Å². The Morgan fingerprint density at radius 3 is 2.76 bits per heavy atom. The molecule has 1 aromatic carbocycles. The zero-order valence-electron chi connectivity index (χ0n) is 11.7. The SMILES string of the molecule is COc1cnccc1C(=O)NCCOc1ccc(N)cc1. The van der Waals surface area contributed by atoms with Crippen molar-refractivity contribution in [1.82, 2.24) is 10.3 Å². The Morgan fingerprint density at radius 1 is 1.29 bits per heavy atom. The second kappa shape index (κ2) is 7.14. The Morgan fingerprint density at radius 2 is 2.05 bits per heavy atom. The molecule has 6 heteroatoms. The van der Waals surface area contributed by atoms with Gasteiger partial charge in [0.15, 0.2) is 0 Å². The van der Waals surface area contributed by atoms with Crippen molar-refractivity contribution < 1.29 is 14.3 Å². The van der Waals surface area contributed by atoms with E-state index in [2.05, 4.69) is 10.3 Å². The topological polar surface area (TPSA) is 86.5 Å². The number of carbonyl (C=O) groups is 1. The van der Waals surface area contributed by atoms with Crippen molar-refractivity contribution in [3.05, 3.63) is 48.3 Å². The highest BCUT2D eigenvalue weighted by molar-refractivity contribution is 5.96. The van der Waals surface area contributed by atoms with Crippen LogP contribution in [-0.4, -0.2) is 31.2 Å². The average Bonchev–Trinajstić information content (AvgIpc) is 2.53. The minimum Gasteiger partial charge on any atom is -0.494 e. The van der Waals surface area contributed by atoms with Gasteiger partial charge in [0.1, 0.15) is 18.1 Å². The molecule has 1 amide bonds. The smallest absolute Gasteiger partial charge is 0.255 e. The molecule has 1 aromatic heterocycles. The summed E-state index contributed by atoms with van der Waals surface area (Å²) in [6.45, 7) is 0.748. The summed E-state index contributed by atoms with van der Waals surface area (Å²) in [6.07, 6.45) is 3.04. The first-order valence-electron chi connectivity index (χ1n) is 6.45. The highest BCUT2D eigenvalue weighted by Crippen LogP contribution is 2.15. The maximum atomic E-state index is 12.0. The molecule has 0 spiro atoms. The Labute approximate surface area is 122 Å². The van der Waals surface area contributed by atoms with Crippen LogP contribution in [0, 0.1) is 0 Å². The lowest BCUT2D eigenvalue weighted by Gasteiger charge is -2.09. The van der Waals surface area contributed by atoms with Crippen LogP contribution < -0.4 is 20.5 Å². The molecule has 0 saturated carbocycles. The van der Waals surface area contributed by atoms with Crippen LogP contribution in [0.3, 0.4) is 0 Å². The molecule has 0 aliphatic rings. The Bertz CT molecular complexity index is 599. The molecular weight excluding hydrogens is 270 g/mol. The molecule has 6 nitrogen and oxygen atoms in total. The van der Waals surface area contributed by atoms with Gasteiger partial charge in [0.05, 0.1) is 25.4 Å². The third kappa shape index (κ3) is 4.10. The predicted octanol–water partition coefficient (Wildman–Crippen LogP) is 1.48. The van der Waals surface area contributed by atoms with Crippen LogP contribution >= 0.6 is 0 Å². The molecule has 0 bridgehead atoms. The molecule has 0 aliphatic carbocycles. The Balaban J connectivity index is 1.80. The minimum atomic E-state index is -0.227. The van der Waals surface area contributed by atoms with Crippen LogP contribution in [0.5, 0.6) is 11.5 Å². The summed E-state index contributed by atoms with van der Waals surface area (Å²) in [5.41, 5.74) is 6.71. The second-order valence-corrected chi connectivity index (χ2v) is 4.25. The standard InChI is InChI=1S/C15H17N3O3/c1-20-14-10-17-7-6-13(14)15(19)18-8-9-21-12-4-2-11(16)3-5-12/h2-7,10H,8-9,16H2,1H3,(H,18,19). The van der Waals surface area contributed by atoms with Gasteiger partial charge in [-0.1, -0.05) is 0 Å². The molecule has 0 fully saturated rings. The van der Waals surface area contributed by atoms with E-state index >= 15 is 0 Å². The molecule has 0 saturated heterocycles. The van der Waals surface area contributed by atoms with E-state index in [1.54, 1.807) is 36.5 Å². The second-order valence-electron chi connectivity index (χ2n) is 4.25. The van der Waals surface area contributed by atoms with E-state index < -0.39 is 0 Å². The van der Waals surface area contributed by atoms with E-state index in [1.165, 1.54) is 13.3 Å². The number of nitrogen functional groups attached to an aromatic ring is 1. The number of rotatable bonds is 6. The monoisotopic (exact) mass is 287 g/mol. The van der Waals surface area contributed by atoms with Gasteiger partial charge >= 0.3 is 0 Å². The summed E-state index contributed by atoms with van der Waals surface area (Å²) in [5.74, 6) is 0.921. The highest BCUT2D eigenvalue weighted by atomic mass is 16.5. The molecule has 1 heterocycles. The van der Waals surface area contributed by atoms with Crippen LogP contribution in [0.4, 0.5) is 5.69 Å². The van der Waals surface area contributed by atoms with Crippen molar-refractivity contribution in [3.8, 4) is 11.5 Å². The van der Waals surface area contributed by atoms with Gasteiger partial charge in [-0.3, -0.25) is 9.78 Å². The van der Waals surface area contributed by atoms with Gasteiger partial charge < -0.3 is 20.5 Å². The molecule has 0 atom stereocenters. The summed E-state index contributed by atoms with van der Waals surface area (Å²) in [4.78, 5) is 15.9. The van der Waals surface area contributed by atoms with Crippen molar-refractivity contribution in [2.75, 3.05) is 26.0 Å². The lowest BCUT2D eigenvalue weighted by molar-refractivity contribution is 0.0944. The van der Waals surface area contributed by atoms with E-state index in [-0.39, 0.29) is 5.91 Å². The van der Waals surface area contributed by atoms with E-state index in [4.69, 9.17) is 15.2 Å². The first kappa shape index (κ1) is 14.6. The molecule has 21 heavy (non-hydrogen) atoms. The first-order valence-corrected chi connectivity index (χ1v) is 6.45. The molecule has 0 unspecified atom stereocenters. The lowest BCUT2D eigenvalue weighted by Crippen LogP contribution is -2.28. The van der Waals surface area contributed by atoms with Crippen molar-refractivity contribution in [2.45, 2.75) is 0 Å². The summed E-state index contributed by atoms with van der Waals surface area (Å²) in [6, 6.07) is 8.69. The quantitative estimate of drug-likeness (QED) is 0.621. The molecule has 3 N–H and O–H groups in total. The number of pyridine rings is 1. The fourth-order valence-electron chi connectivity index (χ4n) is 1.72. The fraction of sp³-hybridized carbons (Fsp3) is 0.200. The maximum Gasteiger partial charge on any atom is 0.255 e. The summed E-state index contributed by atoms with van der Waals surface area (Å²) in [7, 11) is 1.50. The predicted molar refractivity (Wildman–Crippen MR) is 79.5 cm³/mol. The third-order valence-corrected chi connectivity index (χ3v) is 2.79. The Kier molecular flexibility index (Phi) is 4.98. The zero-order chi connectivity index (χ0) is 15.1. The summed E-state index contributed by atoms with van der Waals surface area (Å²) < 4.78 is 10.6. The number of nitrogens with zero attached hydrogens (tertiary/aromatic N) is 1. The van der Waals surface area contributed by atoms with E-state index in [1.807, 2.05) is 0 Å². The van der Waals surface area contributed by atoms with Gasteiger partial charge in [-0.25, -0.2) is 0 Å². The number of methoxy groups -OCH3 is 1. The number of amides is 1. The molecule has 110 valence electrons. The Hall–Kier alpha value is -2.76. The normalized spacial score (nSPS) is 9.95. The van der Waals surface area contributed by atoms with Crippen molar-refractivity contribution in [1.29, 1.82) is 0 Å². The van der Waals surface area contributed by atoms with Crippen LogP contribution in [0.15, 0.2) is 42.7 Å². The van der Waals surface area contributed by atoms with Crippen molar-refractivity contribution in [3.63, 3.8) is 0 Å². The number of ether oxygens (including phenoxy) is 2. The molecule has 2 aromatic rings. The number of nitrogens with one attached hydrogen (secondary N) is 1. The van der Waals surface area contributed by atoms with Gasteiger partial charge in [0.2, 0.25) is 0 Å². The zero-order valence-corrected chi connectivity index (χ0v) is 11.7. The number of hydrogen-bond donors (Lipinski definition) is 2. The summed E-state index contributed by atoms with van der Waals surface area (Å²) in [5, 5.41) is 2.76. The fourth-order valence-corrected chi connectivity index (χ4v) is 1.72. The minimum absolute atomic E-state index is 0.227. The van der Waals surface area contributed by atoms with Gasteiger partial charge in [-0.05, 0) is 30.3 Å². The van der Waals surface area contributed by atoms with Gasteiger partial charge in [-0.2, -0.15) is 0 Å². The van der Waals surface area contributed by atoms with Gasteiger partial charge in [0, 0.05) is 11.9 Å². The number of benzene rings is 1. The largest absolute Gasteiger partial charge is 0.494 e. The van der Waals surface area contributed by atoms with Gasteiger partial charge in [-0.15, -0.1) is 0 Å². The maximum absolute atomic E-state index is 12.0.